The van der Waals surface area contributed by atoms with Crippen LogP contribution in [0.1, 0.15) is 23.4 Å². The van der Waals surface area contributed by atoms with Crippen molar-refractivity contribution in [1.82, 2.24) is 19.5 Å². The molecular weight excluding hydrogens is 313 g/mol. The number of nitrogens with one attached hydrogen (secondary N) is 1. The van der Waals surface area contributed by atoms with Crippen LogP contribution in [0.4, 0.5) is 13.2 Å². The van der Waals surface area contributed by atoms with Crippen molar-refractivity contribution in [2.75, 3.05) is 13.6 Å². The van der Waals surface area contributed by atoms with Crippen LogP contribution in [0, 0.1) is 13.8 Å². The number of likely N-dealkylation sites (N-methyl/N-ethyl adjacent to an activating group) is 1. The van der Waals surface area contributed by atoms with Crippen LogP contribution >= 0.6 is 0 Å². The van der Waals surface area contributed by atoms with Gasteiger partial charge in [-0.1, -0.05) is 0 Å². The van der Waals surface area contributed by atoms with Crippen LogP contribution in [0.5, 0.6) is 0 Å². The molecule has 0 aliphatic rings. The lowest BCUT2D eigenvalue weighted by molar-refractivity contribution is -0.143. The number of aryl methyl sites for hydroxylation is 2. The first-order chi connectivity index (χ1) is 10.6. The van der Waals surface area contributed by atoms with Crippen LogP contribution in [-0.4, -0.2) is 45.2 Å². The molecule has 0 radical (unpaired) electrons. The van der Waals surface area contributed by atoms with Gasteiger partial charge in [0.25, 0.3) is 5.56 Å². The summed E-state index contributed by atoms with van der Waals surface area (Å²) in [5.41, 5.74) is 1.91. The number of aromatic nitrogens is 3. The van der Waals surface area contributed by atoms with Crippen LogP contribution in [0.3, 0.4) is 0 Å². The van der Waals surface area contributed by atoms with Gasteiger partial charge in [0.1, 0.15) is 0 Å². The van der Waals surface area contributed by atoms with Crippen LogP contribution in [0.2, 0.25) is 0 Å². The summed E-state index contributed by atoms with van der Waals surface area (Å²) in [6, 6.07) is 1.33. The number of hydrogen-bond acceptors (Lipinski definition) is 3. The zero-order valence-electron chi connectivity index (χ0n) is 13.0. The average molecular weight is 330 g/mol. The molecule has 126 valence electrons. The van der Waals surface area contributed by atoms with Crippen LogP contribution in [0.15, 0.2) is 10.9 Å². The Morgan fingerprint density at radius 2 is 2.04 bits per heavy atom. The lowest BCUT2D eigenvalue weighted by Gasteiger charge is -2.19. The molecule has 6 nitrogen and oxygen atoms in total. The van der Waals surface area contributed by atoms with Crippen molar-refractivity contribution in [2.24, 2.45) is 0 Å². The van der Waals surface area contributed by atoms with E-state index in [1.165, 1.54) is 17.6 Å². The maximum absolute atomic E-state index is 12.2. The molecule has 0 aliphatic carbocycles. The summed E-state index contributed by atoms with van der Waals surface area (Å²) in [6.45, 7) is 3.02. The van der Waals surface area contributed by atoms with Gasteiger partial charge >= 0.3 is 6.18 Å². The first-order valence-electron chi connectivity index (χ1n) is 6.97. The smallest absolute Gasteiger partial charge is 0.345 e. The normalized spacial score (nSPS) is 11.9. The Morgan fingerprint density at radius 3 is 2.65 bits per heavy atom. The van der Waals surface area contributed by atoms with E-state index >= 15 is 0 Å². The minimum Gasteiger partial charge on any atom is -0.345 e. The van der Waals surface area contributed by atoms with Crippen molar-refractivity contribution < 1.29 is 18.0 Å². The van der Waals surface area contributed by atoms with Gasteiger partial charge in [-0.25, -0.2) is 9.50 Å². The lowest BCUT2D eigenvalue weighted by atomic mass is 10.1. The fourth-order valence-corrected chi connectivity index (χ4v) is 2.32. The third-order valence-corrected chi connectivity index (χ3v) is 3.69. The summed E-state index contributed by atoms with van der Waals surface area (Å²) >= 11 is 0. The number of halogens is 3. The summed E-state index contributed by atoms with van der Waals surface area (Å²) < 4.78 is 38.1. The molecule has 23 heavy (non-hydrogen) atoms. The van der Waals surface area contributed by atoms with Gasteiger partial charge in [-0.15, -0.1) is 0 Å². The van der Waals surface area contributed by atoms with Gasteiger partial charge in [-0.05, 0) is 13.8 Å². The van der Waals surface area contributed by atoms with Crippen molar-refractivity contribution in [3.8, 4) is 0 Å². The molecule has 2 rings (SSSR count). The molecule has 2 aromatic rings. The molecule has 0 bridgehead atoms. The molecule has 9 heteroatoms. The Labute approximate surface area is 129 Å². The maximum Gasteiger partial charge on any atom is 0.390 e. The second-order valence-electron chi connectivity index (χ2n) is 5.43. The number of alkyl halides is 3. The molecule has 0 aromatic carbocycles. The Bertz CT molecular complexity index is 792. The number of carbonyl (C=O) groups is 1. The van der Waals surface area contributed by atoms with E-state index in [1.807, 2.05) is 0 Å². The summed E-state index contributed by atoms with van der Waals surface area (Å²) in [7, 11) is 1.34. The van der Waals surface area contributed by atoms with Gasteiger partial charge in [0, 0.05) is 36.6 Å². The summed E-state index contributed by atoms with van der Waals surface area (Å²) in [4.78, 5) is 28.8. The number of H-pyrrole nitrogens is 1. The van der Waals surface area contributed by atoms with Crippen molar-refractivity contribution in [1.29, 1.82) is 0 Å². The number of aromatic amines is 1. The fraction of sp³-hybridized carbons (Fsp3) is 0.500. The molecule has 2 heterocycles. The average Bonchev–Trinajstić information content (AvgIpc) is 2.80. The van der Waals surface area contributed by atoms with E-state index in [0.717, 1.165) is 4.90 Å². The van der Waals surface area contributed by atoms with Gasteiger partial charge in [0.15, 0.2) is 5.65 Å². The highest BCUT2D eigenvalue weighted by Gasteiger charge is 2.28. The van der Waals surface area contributed by atoms with E-state index in [2.05, 4.69) is 10.1 Å². The summed E-state index contributed by atoms with van der Waals surface area (Å²) in [5.74, 6) is -0.434. The Morgan fingerprint density at radius 1 is 1.39 bits per heavy atom. The quantitative estimate of drug-likeness (QED) is 0.925. The van der Waals surface area contributed by atoms with E-state index in [1.54, 1.807) is 13.8 Å². The molecule has 0 aliphatic heterocycles. The topological polar surface area (TPSA) is 70.5 Å². The fourth-order valence-electron chi connectivity index (χ4n) is 2.32. The third-order valence-electron chi connectivity index (χ3n) is 3.69. The zero-order chi connectivity index (χ0) is 17.4. The molecule has 1 N–H and O–H groups in total. The minimum absolute atomic E-state index is 0.0742. The number of carbonyl (C=O) groups excluding carboxylic acids is 1. The zero-order valence-corrected chi connectivity index (χ0v) is 13.0. The number of rotatable bonds is 4. The van der Waals surface area contributed by atoms with E-state index < -0.39 is 25.0 Å². The van der Waals surface area contributed by atoms with Gasteiger partial charge < -0.3 is 4.90 Å². The Hall–Kier alpha value is -2.32. The third kappa shape index (κ3) is 3.91. The van der Waals surface area contributed by atoms with E-state index in [-0.39, 0.29) is 12.0 Å². The Balaban J connectivity index is 2.21. The number of hydrogen-bond donors (Lipinski definition) is 1. The predicted octanol–water partition coefficient (Wildman–Crippen LogP) is 1.59. The molecular formula is C14H17F3N4O2. The maximum atomic E-state index is 12.2. The number of amides is 1. The van der Waals surface area contributed by atoms with Gasteiger partial charge in [0.05, 0.1) is 12.8 Å². The molecule has 0 saturated heterocycles. The highest BCUT2D eigenvalue weighted by atomic mass is 19.4. The molecule has 0 spiro atoms. The lowest BCUT2D eigenvalue weighted by Crippen LogP contribution is -2.32. The van der Waals surface area contributed by atoms with E-state index in [4.69, 9.17) is 0 Å². The Kier molecular flexibility index (Phi) is 4.49. The minimum atomic E-state index is -4.30. The van der Waals surface area contributed by atoms with Crippen molar-refractivity contribution in [2.45, 2.75) is 32.9 Å². The van der Waals surface area contributed by atoms with Crippen LogP contribution in [-0.2, 0) is 11.2 Å². The molecule has 0 unspecified atom stereocenters. The second kappa shape index (κ2) is 6.05. The molecule has 0 fully saturated rings. The molecule has 2 aromatic heterocycles. The van der Waals surface area contributed by atoms with E-state index in [0.29, 0.717) is 22.6 Å². The standard InChI is InChI=1S/C14H17F3N4O2/c1-8-10(6-13(23)20(3)5-4-14(15,16)17)9(2)21-11(18-8)7-12(22)19-21/h7H,4-6H2,1-3H3,(H,19,22). The van der Waals surface area contributed by atoms with Crippen LogP contribution in [0.25, 0.3) is 5.65 Å². The molecule has 0 saturated carbocycles. The van der Waals surface area contributed by atoms with Gasteiger partial charge in [-0.3, -0.25) is 14.7 Å². The molecule has 1 amide bonds. The SMILES string of the molecule is Cc1nc2cc(=O)[nH]n2c(C)c1CC(=O)N(C)CCC(F)(F)F. The first kappa shape index (κ1) is 17.0. The largest absolute Gasteiger partial charge is 0.390 e. The summed E-state index contributed by atoms with van der Waals surface area (Å²) in [5, 5.41) is 2.57. The highest BCUT2D eigenvalue weighted by Crippen LogP contribution is 2.20. The summed E-state index contributed by atoms with van der Waals surface area (Å²) in [6.07, 6.45) is -5.42. The van der Waals surface area contributed by atoms with Gasteiger partial charge in [0.2, 0.25) is 5.91 Å². The number of nitrogens with zero attached hydrogens (tertiary/aromatic N) is 3. The van der Waals surface area contributed by atoms with Gasteiger partial charge in [-0.2, -0.15) is 13.2 Å². The van der Waals surface area contributed by atoms with E-state index in [9.17, 15) is 22.8 Å². The second-order valence-corrected chi connectivity index (χ2v) is 5.43. The number of fused-ring (bicyclic) bond motifs is 1. The predicted molar refractivity (Wildman–Crippen MR) is 77.3 cm³/mol. The first-order valence-corrected chi connectivity index (χ1v) is 6.97. The van der Waals surface area contributed by atoms with Crippen molar-refractivity contribution in [3.63, 3.8) is 0 Å². The van der Waals surface area contributed by atoms with Crippen molar-refractivity contribution >= 4 is 11.6 Å². The monoisotopic (exact) mass is 330 g/mol. The highest BCUT2D eigenvalue weighted by molar-refractivity contribution is 5.79. The molecule has 0 atom stereocenters. The van der Waals surface area contributed by atoms with Crippen LogP contribution < -0.4 is 5.56 Å². The van der Waals surface area contributed by atoms with Crippen molar-refractivity contribution in [3.05, 3.63) is 33.4 Å².